The lowest BCUT2D eigenvalue weighted by Gasteiger charge is -2.04. The molecule has 0 aliphatic rings. The summed E-state index contributed by atoms with van der Waals surface area (Å²) in [6.45, 7) is 0. The summed E-state index contributed by atoms with van der Waals surface area (Å²) in [4.78, 5) is 5.71. The van der Waals surface area contributed by atoms with Crippen molar-refractivity contribution in [2.75, 3.05) is 0 Å². The van der Waals surface area contributed by atoms with Crippen LogP contribution in [0.2, 0.25) is 0 Å². The van der Waals surface area contributed by atoms with E-state index in [1.54, 1.807) is 12.3 Å². The Morgan fingerprint density at radius 2 is 1.72 bits per heavy atom. The van der Waals surface area contributed by atoms with Gasteiger partial charge in [-0.2, -0.15) is 5.26 Å². The van der Waals surface area contributed by atoms with Gasteiger partial charge in [-0.3, -0.25) is 4.98 Å². The Hall–Kier alpha value is -3.85. The highest BCUT2D eigenvalue weighted by atomic mass is 15.6. The van der Waals surface area contributed by atoms with E-state index in [2.05, 4.69) is 26.5 Å². The van der Waals surface area contributed by atoms with Crippen LogP contribution in [-0.4, -0.2) is 25.2 Å². The van der Waals surface area contributed by atoms with E-state index in [4.69, 9.17) is 5.26 Å². The van der Waals surface area contributed by atoms with Crippen LogP contribution in [0.1, 0.15) is 5.56 Å². The zero-order valence-corrected chi connectivity index (χ0v) is 13.1. The topological polar surface area (TPSA) is 80.3 Å². The summed E-state index contributed by atoms with van der Waals surface area (Å²) in [5.41, 5.74) is 4.03. The molecule has 0 aliphatic heterocycles. The number of tetrazole rings is 1. The maximum Gasteiger partial charge on any atom is 0.223 e. The second-order valence-corrected chi connectivity index (χ2v) is 5.36. The van der Waals surface area contributed by atoms with E-state index in [0.29, 0.717) is 17.1 Å². The van der Waals surface area contributed by atoms with E-state index < -0.39 is 0 Å². The van der Waals surface area contributed by atoms with Crippen LogP contribution >= 0.6 is 0 Å². The van der Waals surface area contributed by atoms with Crippen molar-refractivity contribution >= 4 is 0 Å². The van der Waals surface area contributed by atoms with E-state index in [-0.39, 0.29) is 0 Å². The van der Waals surface area contributed by atoms with Crippen LogP contribution in [0.3, 0.4) is 0 Å². The van der Waals surface area contributed by atoms with Crippen molar-refractivity contribution in [2.24, 2.45) is 0 Å². The van der Waals surface area contributed by atoms with E-state index in [0.717, 1.165) is 16.8 Å². The number of rotatable bonds is 3. The van der Waals surface area contributed by atoms with Crippen LogP contribution in [0.4, 0.5) is 0 Å². The smallest absolute Gasteiger partial charge is 0.223 e. The van der Waals surface area contributed by atoms with Gasteiger partial charge in [0.1, 0.15) is 5.69 Å². The minimum Gasteiger partial charge on any atom is -0.253 e. The lowest BCUT2D eigenvalue weighted by atomic mass is 10.0. The number of nitriles is 1. The number of pyridine rings is 1. The van der Waals surface area contributed by atoms with E-state index >= 15 is 0 Å². The van der Waals surface area contributed by atoms with Crippen molar-refractivity contribution in [3.63, 3.8) is 0 Å². The summed E-state index contributed by atoms with van der Waals surface area (Å²) in [7, 11) is 0. The predicted molar refractivity (Wildman–Crippen MR) is 92.5 cm³/mol. The molecule has 2 aromatic carbocycles. The molecule has 0 aliphatic carbocycles. The molecule has 0 radical (unpaired) electrons. The van der Waals surface area contributed by atoms with Gasteiger partial charge in [-0.05, 0) is 52.7 Å². The summed E-state index contributed by atoms with van der Waals surface area (Å²) in [5.74, 6) is 0.470. The molecule has 0 bridgehead atoms. The first-order valence-corrected chi connectivity index (χ1v) is 7.66. The second-order valence-electron chi connectivity index (χ2n) is 5.36. The van der Waals surface area contributed by atoms with Crippen molar-refractivity contribution in [3.05, 3.63) is 78.5 Å². The van der Waals surface area contributed by atoms with Gasteiger partial charge < -0.3 is 0 Å². The second kappa shape index (κ2) is 6.34. The van der Waals surface area contributed by atoms with Crippen molar-refractivity contribution < 1.29 is 0 Å². The van der Waals surface area contributed by atoms with Gasteiger partial charge in [0.05, 0.1) is 17.3 Å². The summed E-state index contributed by atoms with van der Waals surface area (Å²) >= 11 is 0. The number of aromatic nitrogens is 5. The molecule has 6 heteroatoms. The molecule has 4 aromatic rings. The predicted octanol–water partition coefficient (Wildman–Crippen LogP) is 3.26. The highest BCUT2D eigenvalue weighted by molar-refractivity contribution is 5.67. The van der Waals surface area contributed by atoms with Gasteiger partial charge >= 0.3 is 0 Å². The molecule has 6 nitrogen and oxygen atoms in total. The number of hydrogen-bond donors (Lipinski definition) is 0. The van der Waals surface area contributed by atoms with Crippen molar-refractivity contribution in [2.45, 2.75) is 0 Å². The van der Waals surface area contributed by atoms with E-state index in [1.807, 2.05) is 60.7 Å². The van der Waals surface area contributed by atoms with E-state index in [9.17, 15) is 0 Å². The first kappa shape index (κ1) is 14.7. The van der Waals surface area contributed by atoms with E-state index in [1.165, 1.54) is 4.80 Å². The molecule has 0 atom stereocenters. The highest BCUT2D eigenvalue weighted by Crippen LogP contribution is 2.22. The Morgan fingerprint density at radius 1 is 0.880 bits per heavy atom. The molecule has 0 amide bonds. The number of hydrogen-bond acceptors (Lipinski definition) is 5. The molecular formula is C19H12N6. The Balaban J connectivity index is 1.71. The molecule has 4 rings (SSSR count). The third-order valence-electron chi connectivity index (χ3n) is 3.71. The molecule has 0 unspecified atom stereocenters. The van der Waals surface area contributed by atoms with Crippen LogP contribution in [0.5, 0.6) is 0 Å². The summed E-state index contributed by atoms with van der Waals surface area (Å²) in [5, 5.41) is 21.6. The average Bonchev–Trinajstić information content (AvgIpc) is 3.19. The molecule has 2 heterocycles. The molecule has 25 heavy (non-hydrogen) atoms. The lowest BCUT2D eigenvalue weighted by molar-refractivity contribution is 0.720. The van der Waals surface area contributed by atoms with Crippen LogP contribution in [0.25, 0.3) is 28.3 Å². The van der Waals surface area contributed by atoms with Gasteiger partial charge in [-0.15, -0.1) is 15.0 Å². The zero-order valence-electron chi connectivity index (χ0n) is 13.1. The van der Waals surface area contributed by atoms with Gasteiger partial charge in [0, 0.05) is 6.20 Å². The maximum atomic E-state index is 9.06. The Morgan fingerprint density at radius 3 is 2.52 bits per heavy atom. The number of nitrogens with zero attached hydrogens (tertiary/aromatic N) is 6. The fourth-order valence-corrected chi connectivity index (χ4v) is 2.50. The maximum absolute atomic E-state index is 9.06. The third-order valence-corrected chi connectivity index (χ3v) is 3.71. The van der Waals surface area contributed by atoms with Crippen LogP contribution in [0, 0.1) is 11.3 Å². The molecule has 118 valence electrons. The summed E-state index contributed by atoms with van der Waals surface area (Å²) < 4.78 is 0. The summed E-state index contributed by atoms with van der Waals surface area (Å²) in [6.07, 6.45) is 1.69. The van der Waals surface area contributed by atoms with Crippen LogP contribution < -0.4 is 0 Å². The minimum absolute atomic E-state index is 0.470. The van der Waals surface area contributed by atoms with Gasteiger partial charge in [-0.1, -0.05) is 30.3 Å². The monoisotopic (exact) mass is 324 g/mol. The van der Waals surface area contributed by atoms with Gasteiger partial charge in [0.2, 0.25) is 5.82 Å². The number of benzene rings is 2. The Bertz CT molecular complexity index is 1060. The Labute approximate surface area is 144 Å². The highest BCUT2D eigenvalue weighted by Gasteiger charge is 2.09. The normalized spacial score (nSPS) is 10.4. The SMILES string of the molecule is N#Cc1cccc(-c2cccc(-n3nnc(-c4ccccn4)n3)c2)c1. The molecule has 0 N–H and O–H groups in total. The van der Waals surface area contributed by atoms with Crippen molar-refractivity contribution in [1.29, 1.82) is 5.26 Å². The standard InChI is InChI=1S/C19H12N6/c20-13-14-5-3-6-15(11-14)16-7-4-8-17(12-16)25-23-19(22-24-25)18-9-1-2-10-21-18/h1-12H. The lowest BCUT2D eigenvalue weighted by Crippen LogP contribution is -1.99. The molecule has 0 spiro atoms. The molecule has 0 saturated carbocycles. The third kappa shape index (κ3) is 2.99. The Kier molecular flexibility index (Phi) is 3.73. The molecular weight excluding hydrogens is 312 g/mol. The van der Waals surface area contributed by atoms with Crippen molar-refractivity contribution in [3.8, 4) is 34.4 Å². The fraction of sp³-hybridized carbons (Fsp3) is 0. The van der Waals surface area contributed by atoms with Gasteiger partial charge in [0.15, 0.2) is 0 Å². The summed E-state index contributed by atoms with van der Waals surface area (Å²) in [6, 6.07) is 23.0. The average molecular weight is 324 g/mol. The minimum atomic E-state index is 0.470. The zero-order chi connectivity index (χ0) is 17.1. The van der Waals surface area contributed by atoms with Gasteiger partial charge in [-0.25, -0.2) is 0 Å². The van der Waals surface area contributed by atoms with Crippen LogP contribution in [0.15, 0.2) is 72.9 Å². The van der Waals surface area contributed by atoms with Crippen molar-refractivity contribution in [1.82, 2.24) is 25.2 Å². The first-order chi connectivity index (χ1) is 12.3. The molecule has 0 fully saturated rings. The quantitative estimate of drug-likeness (QED) is 0.578. The molecule has 2 aromatic heterocycles. The molecule has 0 saturated heterocycles. The largest absolute Gasteiger partial charge is 0.253 e. The first-order valence-electron chi connectivity index (χ1n) is 7.66. The fourth-order valence-electron chi connectivity index (χ4n) is 2.50. The van der Waals surface area contributed by atoms with Crippen LogP contribution in [-0.2, 0) is 0 Å². The van der Waals surface area contributed by atoms with Gasteiger partial charge in [0.25, 0.3) is 0 Å².